The third kappa shape index (κ3) is 3.16. The molecule has 3 aromatic carbocycles. The lowest BCUT2D eigenvalue weighted by Gasteiger charge is -2.18. The predicted octanol–water partition coefficient (Wildman–Crippen LogP) is 4.14. The first-order valence-corrected chi connectivity index (χ1v) is 9.28. The average molecular weight is 387 g/mol. The Labute approximate surface area is 166 Å². The zero-order chi connectivity index (χ0) is 19.8. The Morgan fingerprint density at radius 3 is 2.41 bits per heavy atom. The molecule has 0 N–H and O–H groups in total. The highest BCUT2D eigenvalue weighted by atomic mass is 16.7. The maximum Gasteiger partial charge on any atom is 0.269 e. The van der Waals surface area contributed by atoms with Crippen LogP contribution in [0.15, 0.2) is 71.8 Å². The lowest BCUT2D eigenvalue weighted by Crippen LogP contribution is -2.19. The molecular formula is C22H17N3O4. The van der Waals surface area contributed by atoms with Crippen LogP contribution >= 0.6 is 0 Å². The van der Waals surface area contributed by atoms with Crippen LogP contribution in [0.2, 0.25) is 0 Å². The Bertz CT molecular complexity index is 1110. The molecule has 2 aliphatic heterocycles. The van der Waals surface area contributed by atoms with Crippen molar-refractivity contribution in [2.45, 2.75) is 6.42 Å². The number of benzene rings is 3. The molecule has 0 saturated heterocycles. The number of rotatable bonds is 3. The second-order valence-electron chi connectivity index (χ2n) is 6.82. The SMILES string of the molecule is O=[N+]([O-])c1ccc(N2CCc3cc4c(cc3C(c3ccccc3)=N2)OCO4)cc1. The fourth-order valence-corrected chi connectivity index (χ4v) is 3.60. The maximum atomic E-state index is 11.0. The predicted molar refractivity (Wildman–Crippen MR) is 109 cm³/mol. The molecule has 0 saturated carbocycles. The highest BCUT2D eigenvalue weighted by Crippen LogP contribution is 2.37. The lowest BCUT2D eigenvalue weighted by atomic mass is 9.95. The van der Waals surface area contributed by atoms with Crippen molar-refractivity contribution in [1.29, 1.82) is 0 Å². The van der Waals surface area contributed by atoms with E-state index in [1.165, 1.54) is 12.1 Å². The Hall–Kier alpha value is -3.87. The van der Waals surface area contributed by atoms with E-state index in [1.54, 1.807) is 12.1 Å². The van der Waals surface area contributed by atoms with Gasteiger partial charge in [0.2, 0.25) is 6.79 Å². The van der Waals surface area contributed by atoms with E-state index in [0.29, 0.717) is 6.54 Å². The summed E-state index contributed by atoms with van der Waals surface area (Å²) >= 11 is 0. The summed E-state index contributed by atoms with van der Waals surface area (Å²) < 4.78 is 11.1. The summed E-state index contributed by atoms with van der Waals surface area (Å²) in [7, 11) is 0. The van der Waals surface area contributed by atoms with E-state index in [0.717, 1.165) is 46.0 Å². The van der Waals surface area contributed by atoms with Gasteiger partial charge in [0.25, 0.3) is 5.69 Å². The van der Waals surface area contributed by atoms with Crippen LogP contribution in [0, 0.1) is 10.1 Å². The highest BCUT2D eigenvalue weighted by Gasteiger charge is 2.24. The lowest BCUT2D eigenvalue weighted by molar-refractivity contribution is -0.384. The number of fused-ring (bicyclic) bond motifs is 2. The van der Waals surface area contributed by atoms with Crippen LogP contribution in [0.1, 0.15) is 16.7 Å². The maximum absolute atomic E-state index is 11.0. The number of nitro benzene ring substituents is 1. The average Bonchev–Trinajstić information content (AvgIpc) is 3.13. The number of hydrazone groups is 1. The standard InChI is InChI=1S/C22H17N3O4/c26-25(27)18-8-6-17(7-9-18)24-11-10-16-12-20-21(29-14-28-20)13-19(16)22(23-24)15-4-2-1-3-5-15/h1-9,12-13H,10-11,14H2. The minimum Gasteiger partial charge on any atom is -0.454 e. The largest absolute Gasteiger partial charge is 0.454 e. The quantitative estimate of drug-likeness (QED) is 0.499. The molecule has 0 atom stereocenters. The number of hydrogen-bond donors (Lipinski definition) is 0. The van der Waals surface area contributed by atoms with E-state index in [9.17, 15) is 10.1 Å². The molecule has 2 heterocycles. The van der Waals surface area contributed by atoms with Crippen molar-refractivity contribution in [3.8, 4) is 11.5 Å². The molecule has 0 amide bonds. The van der Waals surface area contributed by atoms with Crippen molar-refractivity contribution >= 4 is 17.1 Å². The van der Waals surface area contributed by atoms with E-state index < -0.39 is 4.92 Å². The van der Waals surface area contributed by atoms with E-state index in [1.807, 2.05) is 47.5 Å². The molecule has 3 aromatic rings. The molecule has 0 radical (unpaired) electrons. The summed E-state index contributed by atoms with van der Waals surface area (Å²) in [5.41, 5.74) is 4.81. The van der Waals surface area contributed by atoms with Crippen LogP contribution in [0.5, 0.6) is 11.5 Å². The molecule has 144 valence electrons. The minimum atomic E-state index is -0.401. The van der Waals surface area contributed by atoms with Gasteiger partial charge in [0.05, 0.1) is 16.3 Å². The van der Waals surface area contributed by atoms with Gasteiger partial charge >= 0.3 is 0 Å². The molecule has 29 heavy (non-hydrogen) atoms. The first-order valence-electron chi connectivity index (χ1n) is 9.28. The Kier molecular flexibility index (Phi) is 4.13. The molecule has 0 fully saturated rings. The first-order chi connectivity index (χ1) is 14.2. The van der Waals surface area contributed by atoms with Crippen LogP contribution in [-0.4, -0.2) is 24.0 Å². The van der Waals surface area contributed by atoms with Crippen LogP contribution < -0.4 is 14.5 Å². The topological polar surface area (TPSA) is 77.2 Å². The van der Waals surface area contributed by atoms with Crippen LogP contribution in [0.25, 0.3) is 0 Å². The van der Waals surface area contributed by atoms with Gasteiger partial charge in [0.1, 0.15) is 0 Å². The first kappa shape index (κ1) is 17.2. The number of nitro groups is 1. The van der Waals surface area contributed by atoms with Gasteiger partial charge in [-0.15, -0.1) is 0 Å². The van der Waals surface area contributed by atoms with E-state index in [4.69, 9.17) is 14.6 Å². The van der Waals surface area contributed by atoms with Gasteiger partial charge in [-0.05, 0) is 36.2 Å². The molecule has 0 aliphatic carbocycles. The smallest absolute Gasteiger partial charge is 0.269 e. The summed E-state index contributed by atoms with van der Waals surface area (Å²) in [6, 6.07) is 20.4. The van der Waals surface area contributed by atoms with Crippen molar-refractivity contribution in [2.24, 2.45) is 5.10 Å². The molecule has 5 rings (SSSR count). The zero-order valence-electron chi connectivity index (χ0n) is 15.4. The van der Waals surface area contributed by atoms with Gasteiger partial charge in [-0.2, -0.15) is 5.10 Å². The summed E-state index contributed by atoms with van der Waals surface area (Å²) in [5, 5.41) is 17.8. The van der Waals surface area contributed by atoms with Crippen molar-refractivity contribution in [1.82, 2.24) is 0 Å². The number of hydrogen-bond acceptors (Lipinski definition) is 6. The Morgan fingerprint density at radius 1 is 0.966 bits per heavy atom. The summed E-state index contributed by atoms with van der Waals surface area (Å²) in [4.78, 5) is 10.6. The van der Waals surface area contributed by atoms with Crippen LogP contribution in [0.3, 0.4) is 0 Å². The molecule has 2 aliphatic rings. The third-order valence-electron chi connectivity index (χ3n) is 5.07. The molecule has 0 bridgehead atoms. The van der Waals surface area contributed by atoms with E-state index >= 15 is 0 Å². The molecule has 0 aromatic heterocycles. The van der Waals surface area contributed by atoms with Crippen molar-refractivity contribution < 1.29 is 14.4 Å². The zero-order valence-corrected chi connectivity index (χ0v) is 15.4. The number of anilines is 1. The van der Waals surface area contributed by atoms with Gasteiger partial charge in [0, 0.05) is 29.8 Å². The molecule has 0 unspecified atom stereocenters. The normalized spacial score (nSPS) is 14.8. The molecule has 7 nitrogen and oxygen atoms in total. The van der Waals surface area contributed by atoms with Gasteiger partial charge in [-0.1, -0.05) is 30.3 Å². The molecule has 7 heteroatoms. The number of non-ortho nitro benzene ring substituents is 1. The Morgan fingerprint density at radius 2 is 1.69 bits per heavy atom. The fourth-order valence-electron chi connectivity index (χ4n) is 3.60. The summed E-state index contributed by atoms with van der Waals surface area (Å²) in [6.45, 7) is 0.867. The Balaban J connectivity index is 1.62. The van der Waals surface area contributed by atoms with Crippen molar-refractivity contribution in [3.63, 3.8) is 0 Å². The molecule has 0 spiro atoms. The van der Waals surface area contributed by atoms with Gasteiger partial charge in [-0.3, -0.25) is 15.1 Å². The monoisotopic (exact) mass is 387 g/mol. The number of nitrogens with zero attached hydrogens (tertiary/aromatic N) is 3. The van der Waals surface area contributed by atoms with Gasteiger partial charge < -0.3 is 9.47 Å². The van der Waals surface area contributed by atoms with E-state index in [-0.39, 0.29) is 12.5 Å². The second kappa shape index (κ2) is 6.94. The van der Waals surface area contributed by atoms with Crippen molar-refractivity contribution in [3.05, 3.63) is 93.5 Å². The molecular weight excluding hydrogens is 370 g/mol. The van der Waals surface area contributed by atoms with Gasteiger partial charge in [0.15, 0.2) is 11.5 Å². The second-order valence-corrected chi connectivity index (χ2v) is 6.82. The summed E-state index contributed by atoms with van der Waals surface area (Å²) in [6.07, 6.45) is 0.753. The minimum absolute atomic E-state index is 0.0600. The number of ether oxygens (including phenoxy) is 2. The van der Waals surface area contributed by atoms with E-state index in [2.05, 4.69) is 0 Å². The van der Waals surface area contributed by atoms with Crippen LogP contribution in [0.4, 0.5) is 11.4 Å². The summed E-state index contributed by atoms with van der Waals surface area (Å²) in [5.74, 6) is 1.47. The highest BCUT2D eigenvalue weighted by molar-refractivity contribution is 6.14. The van der Waals surface area contributed by atoms with Gasteiger partial charge in [-0.25, -0.2) is 0 Å². The van der Waals surface area contributed by atoms with Crippen LogP contribution in [-0.2, 0) is 6.42 Å². The fraction of sp³-hybridized carbons (Fsp3) is 0.136. The van der Waals surface area contributed by atoms with Crippen molar-refractivity contribution in [2.75, 3.05) is 18.3 Å². The third-order valence-corrected chi connectivity index (χ3v) is 5.07.